The minimum absolute atomic E-state index is 0.189. The van der Waals surface area contributed by atoms with Crippen LogP contribution in [0.4, 0.5) is 5.69 Å². The first-order chi connectivity index (χ1) is 12.2. The van der Waals surface area contributed by atoms with Crippen LogP contribution in [0.5, 0.6) is 0 Å². The van der Waals surface area contributed by atoms with Gasteiger partial charge in [-0.2, -0.15) is 0 Å². The lowest BCUT2D eigenvalue weighted by Crippen LogP contribution is -2.41. The van der Waals surface area contributed by atoms with Gasteiger partial charge in [0.15, 0.2) is 0 Å². The molecule has 2 N–H and O–H groups in total. The first-order valence-electron chi connectivity index (χ1n) is 8.42. The number of aromatic nitrogens is 1. The van der Waals surface area contributed by atoms with Crippen LogP contribution in [0.3, 0.4) is 0 Å². The van der Waals surface area contributed by atoms with E-state index in [1.807, 2.05) is 47.3 Å². The third-order valence-electron chi connectivity index (χ3n) is 4.57. The van der Waals surface area contributed by atoms with Gasteiger partial charge >= 0.3 is 0 Å². The Hall–Kier alpha value is -3.08. The molecular formula is C20H19N3O2. The zero-order chi connectivity index (χ0) is 17.2. The number of fused-ring (bicyclic) bond motifs is 1. The van der Waals surface area contributed by atoms with Gasteiger partial charge in [0.1, 0.15) is 6.04 Å². The van der Waals surface area contributed by atoms with E-state index in [0.29, 0.717) is 12.8 Å². The number of carbonyl (C=O) groups is 2. The van der Waals surface area contributed by atoms with Crippen molar-refractivity contribution in [2.45, 2.75) is 25.4 Å². The number of nitrogens with one attached hydrogen (secondary N) is 2. The van der Waals surface area contributed by atoms with Crippen LogP contribution in [0.2, 0.25) is 0 Å². The second kappa shape index (κ2) is 6.43. The molecule has 1 atom stereocenters. The molecule has 2 amide bonds. The zero-order valence-corrected chi connectivity index (χ0v) is 13.7. The smallest absolute Gasteiger partial charge is 0.249 e. The predicted octanol–water partition coefficient (Wildman–Crippen LogP) is 3.23. The average Bonchev–Trinajstić information content (AvgIpc) is 3.03. The molecule has 25 heavy (non-hydrogen) atoms. The molecule has 1 saturated heterocycles. The molecule has 0 radical (unpaired) electrons. The molecule has 4 rings (SSSR count). The lowest BCUT2D eigenvalue weighted by Gasteiger charge is -2.21. The molecule has 0 spiro atoms. The van der Waals surface area contributed by atoms with Crippen LogP contribution < -0.4 is 10.6 Å². The largest absolute Gasteiger partial charge is 0.381 e. The molecule has 1 aromatic heterocycles. The van der Waals surface area contributed by atoms with Crippen LogP contribution in [-0.2, 0) is 16.1 Å². The summed E-state index contributed by atoms with van der Waals surface area (Å²) in [5.74, 6) is -0.413. The Labute approximate surface area is 145 Å². The monoisotopic (exact) mass is 333 g/mol. The van der Waals surface area contributed by atoms with Gasteiger partial charge in [-0.15, -0.1) is 0 Å². The van der Waals surface area contributed by atoms with Crippen molar-refractivity contribution in [1.29, 1.82) is 0 Å². The Morgan fingerprint density at radius 3 is 2.64 bits per heavy atom. The molecule has 1 aliphatic rings. The summed E-state index contributed by atoms with van der Waals surface area (Å²) in [4.78, 5) is 23.3. The number of nitrogens with zero attached hydrogens (tertiary/aromatic N) is 1. The van der Waals surface area contributed by atoms with E-state index in [2.05, 4.69) is 28.8 Å². The van der Waals surface area contributed by atoms with Crippen LogP contribution >= 0.6 is 0 Å². The van der Waals surface area contributed by atoms with Gasteiger partial charge < -0.3 is 9.88 Å². The highest BCUT2D eigenvalue weighted by Gasteiger charge is 2.27. The summed E-state index contributed by atoms with van der Waals surface area (Å²) >= 11 is 0. The van der Waals surface area contributed by atoms with Gasteiger partial charge in [-0.1, -0.05) is 36.4 Å². The third-order valence-corrected chi connectivity index (χ3v) is 4.57. The van der Waals surface area contributed by atoms with E-state index in [1.165, 1.54) is 5.56 Å². The van der Waals surface area contributed by atoms with E-state index in [-0.39, 0.29) is 17.9 Å². The summed E-state index contributed by atoms with van der Waals surface area (Å²) in [6.07, 6.45) is 4.87. The summed E-state index contributed by atoms with van der Waals surface area (Å²) in [5.41, 5.74) is 2.26. The fourth-order valence-electron chi connectivity index (χ4n) is 3.22. The van der Waals surface area contributed by atoms with Gasteiger partial charge in [0.25, 0.3) is 0 Å². The van der Waals surface area contributed by atoms with Gasteiger partial charge in [0, 0.05) is 36.4 Å². The van der Waals surface area contributed by atoms with Gasteiger partial charge in [-0.25, -0.2) is 0 Å². The standard InChI is InChI=1S/C20H19N3O2/c24-19-9-8-18(20(25)22-19)23-12-15-6-7-17(10-16(15)13-23)21-11-14-4-2-1-3-5-14/h1-7,10,12-13,18,21H,8-9,11H2,(H,22,24,25). The zero-order valence-electron chi connectivity index (χ0n) is 13.7. The Morgan fingerprint density at radius 1 is 1.04 bits per heavy atom. The molecule has 0 bridgehead atoms. The maximum Gasteiger partial charge on any atom is 0.249 e. The first-order valence-corrected chi connectivity index (χ1v) is 8.42. The fraction of sp³-hybridized carbons (Fsp3) is 0.200. The van der Waals surface area contributed by atoms with Gasteiger partial charge in [0.05, 0.1) is 0 Å². The Balaban J connectivity index is 1.53. The highest BCUT2D eigenvalue weighted by molar-refractivity contribution is 5.99. The fourth-order valence-corrected chi connectivity index (χ4v) is 3.22. The number of benzene rings is 2. The van der Waals surface area contributed by atoms with Crippen molar-refractivity contribution in [3.05, 3.63) is 66.5 Å². The van der Waals surface area contributed by atoms with Crippen molar-refractivity contribution in [2.24, 2.45) is 0 Å². The summed E-state index contributed by atoms with van der Waals surface area (Å²) in [6, 6.07) is 16.1. The van der Waals surface area contributed by atoms with Crippen LogP contribution in [0.25, 0.3) is 10.8 Å². The SMILES string of the molecule is O=C1CCC(n2cc3ccc(NCc4ccccc4)cc3c2)C(=O)N1. The van der Waals surface area contributed by atoms with Gasteiger partial charge in [0.2, 0.25) is 11.8 Å². The number of rotatable bonds is 4. The lowest BCUT2D eigenvalue weighted by molar-refractivity contribution is -0.135. The van der Waals surface area contributed by atoms with Crippen LogP contribution in [0.15, 0.2) is 60.9 Å². The molecule has 0 saturated carbocycles. The number of anilines is 1. The number of carbonyl (C=O) groups excluding carboxylic acids is 2. The molecule has 5 nitrogen and oxygen atoms in total. The van der Waals surface area contributed by atoms with Crippen molar-refractivity contribution in [2.75, 3.05) is 5.32 Å². The molecular weight excluding hydrogens is 314 g/mol. The quantitative estimate of drug-likeness (QED) is 0.721. The molecule has 0 aliphatic carbocycles. The number of hydrogen-bond acceptors (Lipinski definition) is 3. The Bertz CT molecular complexity index is 931. The first kappa shape index (κ1) is 15.4. The number of hydrogen-bond donors (Lipinski definition) is 2. The maximum atomic E-state index is 12.0. The van der Waals surface area contributed by atoms with Crippen molar-refractivity contribution in [3.8, 4) is 0 Å². The molecule has 1 unspecified atom stereocenters. The van der Waals surface area contributed by atoms with Gasteiger partial charge in [-0.05, 0) is 29.5 Å². The number of piperidine rings is 1. The van der Waals surface area contributed by atoms with E-state index >= 15 is 0 Å². The van der Waals surface area contributed by atoms with Gasteiger partial charge in [-0.3, -0.25) is 14.9 Å². The summed E-state index contributed by atoms with van der Waals surface area (Å²) in [5, 5.41) is 7.98. The number of imide groups is 1. The molecule has 1 aliphatic heterocycles. The number of amides is 2. The summed E-state index contributed by atoms with van der Waals surface area (Å²) in [6.45, 7) is 0.764. The second-order valence-electron chi connectivity index (χ2n) is 6.36. The van der Waals surface area contributed by atoms with Crippen LogP contribution in [-0.4, -0.2) is 16.4 Å². The molecule has 2 aromatic carbocycles. The molecule has 1 fully saturated rings. The van der Waals surface area contributed by atoms with Crippen molar-refractivity contribution >= 4 is 28.3 Å². The second-order valence-corrected chi connectivity index (χ2v) is 6.36. The van der Waals surface area contributed by atoms with Crippen molar-refractivity contribution in [3.63, 3.8) is 0 Å². The summed E-state index contributed by atoms with van der Waals surface area (Å²) in [7, 11) is 0. The van der Waals surface area contributed by atoms with E-state index in [0.717, 1.165) is 23.0 Å². The lowest BCUT2D eigenvalue weighted by atomic mass is 10.1. The van der Waals surface area contributed by atoms with Crippen molar-refractivity contribution < 1.29 is 9.59 Å². The molecule has 126 valence electrons. The minimum atomic E-state index is -0.314. The van der Waals surface area contributed by atoms with E-state index in [1.54, 1.807) is 0 Å². The average molecular weight is 333 g/mol. The maximum absolute atomic E-state index is 12.0. The predicted molar refractivity (Wildman–Crippen MR) is 97.1 cm³/mol. The van der Waals surface area contributed by atoms with E-state index in [9.17, 15) is 9.59 Å². The highest BCUT2D eigenvalue weighted by Crippen LogP contribution is 2.26. The molecule has 5 heteroatoms. The van der Waals surface area contributed by atoms with E-state index in [4.69, 9.17) is 0 Å². The molecule has 3 aromatic rings. The van der Waals surface area contributed by atoms with Crippen LogP contribution in [0, 0.1) is 0 Å². The topological polar surface area (TPSA) is 63.1 Å². The van der Waals surface area contributed by atoms with Crippen molar-refractivity contribution in [1.82, 2.24) is 9.88 Å². The highest BCUT2D eigenvalue weighted by atomic mass is 16.2. The summed E-state index contributed by atoms with van der Waals surface area (Å²) < 4.78 is 1.91. The molecule has 2 heterocycles. The Morgan fingerprint density at radius 2 is 1.84 bits per heavy atom. The Kier molecular flexibility index (Phi) is 3.98. The minimum Gasteiger partial charge on any atom is -0.381 e. The van der Waals surface area contributed by atoms with E-state index < -0.39 is 0 Å². The normalized spacial score (nSPS) is 17.5. The third kappa shape index (κ3) is 3.26. The van der Waals surface area contributed by atoms with Crippen LogP contribution in [0.1, 0.15) is 24.4 Å².